The molecule has 3 aromatic carbocycles. The number of aromatic nitrogens is 2. The molecule has 1 aliphatic heterocycles. The number of halogens is 2. The monoisotopic (exact) mass is 551 g/mol. The maximum Gasteiger partial charge on any atom is 0.277 e. The lowest BCUT2D eigenvalue weighted by Gasteiger charge is -2.36. The van der Waals surface area contributed by atoms with Gasteiger partial charge in [-0.25, -0.2) is 4.39 Å². The molecule has 0 atom stereocenters. The van der Waals surface area contributed by atoms with E-state index in [0.29, 0.717) is 48.0 Å². The number of nitrogens with one attached hydrogen (secondary N) is 1. The summed E-state index contributed by atoms with van der Waals surface area (Å²) in [5.74, 6) is -0.267. The first-order chi connectivity index (χ1) is 18.5. The SMILES string of the molecule is O=C(CSc1nnc(-c2ccc(F)cc2)o1)Nc1ccc(N2CCN(C(=O)c3ccccc3Cl)CC2)cc1. The number of thioether (sulfide) groups is 1. The summed E-state index contributed by atoms with van der Waals surface area (Å²) in [4.78, 5) is 29.2. The molecule has 0 radical (unpaired) electrons. The van der Waals surface area contributed by atoms with Crippen LogP contribution in [-0.2, 0) is 4.79 Å². The van der Waals surface area contributed by atoms with Gasteiger partial charge in [0.1, 0.15) is 5.82 Å². The van der Waals surface area contributed by atoms with Gasteiger partial charge in [0.25, 0.3) is 11.1 Å². The van der Waals surface area contributed by atoms with Crippen LogP contribution in [-0.4, -0.2) is 58.8 Å². The van der Waals surface area contributed by atoms with Gasteiger partial charge in [-0.3, -0.25) is 9.59 Å². The molecule has 1 aromatic heterocycles. The Morgan fingerprint density at radius 2 is 1.66 bits per heavy atom. The quantitative estimate of drug-likeness (QED) is 0.315. The summed E-state index contributed by atoms with van der Waals surface area (Å²) in [6, 6.07) is 20.4. The topological polar surface area (TPSA) is 91.6 Å². The second-order valence-electron chi connectivity index (χ2n) is 8.52. The van der Waals surface area contributed by atoms with E-state index < -0.39 is 0 Å². The van der Waals surface area contributed by atoms with E-state index in [1.807, 2.05) is 41.3 Å². The number of anilines is 2. The highest BCUT2D eigenvalue weighted by Gasteiger charge is 2.23. The van der Waals surface area contributed by atoms with Crippen molar-refractivity contribution in [1.29, 1.82) is 0 Å². The zero-order valence-electron chi connectivity index (χ0n) is 20.1. The van der Waals surface area contributed by atoms with Gasteiger partial charge in [0.2, 0.25) is 11.8 Å². The standard InChI is InChI=1S/C27H23ClFN5O3S/c28-23-4-2-1-3-22(23)26(36)34-15-13-33(14-16-34)21-11-9-20(10-12-21)30-24(35)17-38-27-32-31-25(37-27)18-5-7-19(29)8-6-18/h1-12H,13-17H2,(H,30,35). The van der Waals surface area contributed by atoms with Crippen LogP contribution in [0.25, 0.3) is 11.5 Å². The van der Waals surface area contributed by atoms with Crippen LogP contribution in [0.4, 0.5) is 15.8 Å². The van der Waals surface area contributed by atoms with Crippen LogP contribution >= 0.6 is 23.4 Å². The molecule has 4 aromatic rings. The Morgan fingerprint density at radius 3 is 2.37 bits per heavy atom. The Bertz CT molecular complexity index is 1420. The number of hydrogen-bond acceptors (Lipinski definition) is 7. The van der Waals surface area contributed by atoms with Crippen molar-refractivity contribution in [2.24, 2.45) is 0 Å². The van der Waals surface area contributed by atoms with Gasteiger partial charge in [-0.05, 0) is 60.7 Å². The summed E-state index contributed by atoms with van der Waals surface area (Å²) in [5.41, 5.74) is 2.81. The van der Waals surface area contributed by atoms with Crippen molar-refractivity contribution in [2.75, 3.05) is 42.1 Å². The van der Waals surface area contributed by atoms with E-state index in [0.717, 1.165) is 17.4 Å². The minimum absolute atomic E-state index is 0.0570. The Morgan fingerprint density at radius 1 is 0.947 bits per heavy atom. The van der Waals surface area contributed by atoms with Crippen molar-refractivity contribution >= 4 is 46.6 Å². The van der Waals surface area contributed by atoms with E-state index in [9.17, 15) is 14.0 Å². The lowest BCUT2D eigenvalue weighted by atomic mass is 10.1. The second-order valence-corrected chi connectivity index (χ2v) is 9.86. The van der Waals surface area contributed by atoms with Crippen molar-refractivity contribution < 1.29 is 18.4 Å². The van der Waals surface area contributed by atoms with Gasteiger partial charge in [-0.2, -0.15) is 0 Å². The van der Waals surface area contributed by atoms with Gasteiger partial charge >= 0.3 is 0 Å². The molecule has 1 saturated heterocycles. The van der Waals surface area contributed by atoms with Crippen LogP contribution in [0.2, 0.25) is 5.02 Å². The first kappa shape index (κ1) is 25.7. The van der Waals surface area contributed by atoms with E-state index in [2.05, 4.69) is 20.4 Å². The van der Waals surface area contributed by atoms with Crippen LogP contribution in [0.5, 0.6) is 0 Å². The summed E-state index contributed by atoms with van der Waals surface area (Å²) < 4.78 is 18.6. The molecule has 0 bridgehead atoms. The summed E-state index contributed by atoms with van der Waals surface area (Å²) in [6.07, 6.45) is 0. The molecule has 0 unspecified atom stereocenters. The van der Waals surface area contributed by atoms with Crippen molar-refractivity contribution in [1.82, 2.24) is 15.1 Å². The van der Waals surface area contributed by atoms with Crippen molar-refractivity contribution in [2.45, 2.75) is 5.22 Å². The van der Waals surface area contributed by atoms with Gasteiger partial charge in [0.15, 0.2) is 0 Å². The summed E-state index contributed by atoms with van der Waals surface area (Å²) in [5, 5.41) is 11.4. The van der Waals surface area contributed by atoms with Crippen LogP contribution in [0, 0.1) is 5.82 Å². The lowest BCUT2D eigenvalue weighted by molar-refractivity contribution is -0.113. The van der Waals surface area contributed by atoms with Crippen molar-refractivity contribution in [3.63, 3.8) is 0 Å². The smallest absolute Gasteiger partial charge is 0.277 e. The number of nitrogens with zero attached hydrogens (tertiary/aromatic N) is 4. The van der Waals surface area contributed by atoms with Gasteiger partial charge in [0, 0.05) is 43.1 Å². The normalized spacial score (nSPS) is 13.4. The molecule has 194 valence electrons. The number of benzene rings is 3. The Balaban J connectivity index is 1.09. The van der Waals surface area contributed by atoms with Crippen LogP contribution < -0.4 is 10.2 Å². The predicted molar refractivity (Wildman–Crippen MR) is 145 cm³/mol. The predicted octanol–water partition coefficient (Wildman–Crippen LogP) is 5.22. The number of carbonyl (C=O) groups excluding carboxylic acids is 2. The number of carbonyl (C=O) groups is 2. The van der Waals surface area contributed by atoms with E-state index in [4.69, 9.17) is 16.0 Å². The molecular weight excluding hydrogens is 529 g/mol. The molecule has 0 spiro atoms. The third-order valence-corrected chi connectivity index (χ3v) is 7.16. The molecule has 11 heteroatoms. The summed E-state index contributed by atoms with van der Waals surface area (Å²) in [7, 11) is 0. The molecule has 0 aliphatic carbocycles. The second kappa shape index (κ2) is 11.7. The molecule has 38 heavy (non-hydrogen) atoms. The molecule has 8 nitrogen and oxygen atoms in total. The highest BCUT2D eigenvalue weighted by atomic mass is 35.5. The van der Waals surface area contributed by atoms with E-state index in [1.54, 1.807) is 24.3 Å². The van der Waals surface area contributed by atoms with E-state index >= 15 is 0 Å². The minimum Gasteiger partial charge on any atom is -0.411 e. The molecule has 1 aliphatic rings. The molecule has 0 saturated carbocycles. The van der Waals surface area contributed by atoms with Gasteiger partial charge in [-0.15, -0.1) is 10.2 Å². The fourth-order valence-electron chi connectivity index (χ4n) is 4.03. The first-order valence-electron chi connectivity index (χ1n) is 11.9. The van der Waals surface area contributed by atoms with Gasteiger partial charge in [0.05, 0.1) is 16.3 Å². The largest absolute Gasteiger partial charge is 0.411 e. The average molecular weight is 552 g/mol. The minimum atomic E-state index is -0.351. The maximum absolute atomic E-state index is 13.1. The van der Waals surface area contributed by atoms with Crippen molar-refractivity contribution in [3.8, 4) is 11.5 Å². The molecule has 1 fully saturated rings. The molecular formula is C27H23ClFN5O3S. The van der Waals surface area contributed by atoms with E-state index in [1.165, 1.54) is 12.1 Å². The van der Waals surface area contributed by atoms with Crippen LogP contribution in [0.15, 0.2) is 82.4 Å². The number of rotatable bonds is 7. The Labute approximate surface area is 227 Å². The number of amides is 2. The third kappa shape index (κ3) is 6.15. The number of hydrogen-bond donors (Lipinski definition) is 1. The zero-order chi connectivity index (χ0) is 26.5. The zero-order valence-corrected chi connectivity index (χ0v) is 21.7. The fraction of sp³-hybridized carbons (Fsp3) is 0.185. The Kier molecular flexibility index (Phi) is 7.90. The highest BCUT2D eigenvalue weighted by Crippen LogP contribution is 2.25. The molecule has 1 N–H and O–H groups in total. The number of piperazine rings is 1. The van der Waals surface area contributed by atoms with E-state index in [-0.39, 0.29) is 34.5 Å². The fourth-order valence-corrected chi connectivity index (χ4v) is 4.81. The maximum atomic E-state index is 13.1. The highest BCUT2D eigenvalue weighted by molar-refractivity contribution is 7.99. The Hall–Kier alpha value is -3.89. The van der Waals surface area contributed by atoms with Gasteiger partial charge in [-0.1, -0.05) is 35.5 Å². The summed E-state index contributed by atoms with van der Waals surface area (Å²) >= 11 is 7.30. The van der Waals surface area contributed by atoms with Crippen molar-refractivity contribution in [3.05, 3.63) is 89.2 Å². The van der Waals surface area contributed by atoms with Crippen LogP contribution in [0.3, 0.4) is 0 Å². The molecule has 2 heterocycles. The van der Waals surface area contributed by atoms with Gasteiger partial charge < -0.3 is 19.5 Å². The molecule has 5 rings (SSSR count). The lowest BCUT2D eigenvalue weighted by Crippen LogP contribution is -2.48. The first-order valence-corrected chi connectivity index (χ1v) is 13.2. The third-order valence-electron chi connectivity index (χ3n) is 6.01. The molecule has 2 amide bonds. The van der Waals surface area contributed by atoms with Crippen LogP contribution in [0.1, 0.15) is 10.4 Å². The summed E-state index contributed by atoms with van der Waals surface area (Å²) in [6.45, 7) is 2.59. The average Bonchev–Trinajstić information content (AvgIpc) is 3.42.